The van der Waals surface area contributed by atoms with E-state index in [0.29, 0.717) is 0 Å². The molecule has 0 saturated carbocycles. The van der Waals surface area contributed by atoms with Crippen LogP contribution >= 0.6 is 0 Å². The Morgan fingerprint density at radius 2 is 2.21 bits per heavy atom. The Kier molecular flexibility index (Phi) is 4.17. The van der Waals surface area contributed by atoms with Gasteiger partial charge in [-0.15, -0.1) is 0 Å². The number of ether oxygens (including phenoxy) is 1. The Balaban J connectivity index is 2.87. The molecule has 2 heteroatoms. The van der Waals surface area contributed by atoms with E-state index < -0.39 is 0 Å². The molecule has 1 aromatic carbocycles. The van der Waals surface area contributed by atoms with Crippen LogP contribution in [0.2, 0.25) is 0 Å². The number of hydrogen-bond acceptors (Lipinski definition) is 2. The van der Waals surface area contributed by atoms with Crippen molar-refractivity contribution < 1.29 is 9.53 Å². The van der Waals surface area contributed by atoms with Crippen LogP contribution in [0.5, 0.6) is 5.75 Å². The van der Waals surface area contributed by atoms with Crippen molar-refractivity contribution in [1.29, 1.82) is 0 Å². The second-order valence-electron chi connectivity index (χ2n) is 3.29. The molecule has 14 heavy (non-hydrogen) atoms. The molecule has 0 aliphatic rings. The summed E-state index contributed by atoms with van der Waals surface area (Å²) in [5.74, 6) is 0.743. The van der Waals surface area contributed by atoms with Gasteiger partial charge in [0.15, 0.2) is 0 Å². The Morgan fingerprint density at radius 3 is 2.79 bits per heavy atom. The van der Waals surface area contributed by atoms with Crippen molar-refractivity contribution >= 4 is 6.29 Å². The molecule has 0 saturated heterocycles. The lowest BCUT2D eigenvalue weighted by Gasteiger charge is -2.06. The van der Waals surface area contributed by atoms with Crippen molar-refractivity contribution in [3.05, 3.63) is 29.3 Å². The maximum absolute atomic E-state index is 10.8. The molecule has 2 nitrogen and oxygen atoms in total. The molecule has 0 heterocycles. The number of unbranched alkanes of at least 4 members (excludes halogenated alkanes) is 1. The van der Waals surface area contributed by atoms with Gasteiger partial charge in [-0.2, -0.15) is 0 Å². The van der Waals surface area contributed by atoms with Crippen LogP contribution in [0.4, 0.5) is 0 Å². The van der Waals surface area contributed by atoms with E-state index in [9.17, 15) is 4.79 Å². The van der Waals surface area contributed by atoms with Crippen molar-refractivity contribution in [2.75, 3.05) is 7.11 Å². The smallest absolute Gasteiger partial charge is 0.150 e. The van der Waals surface area contributed by atoms with Crippen molar-refractivity contribution in [1.82, 2.24) is 0 Å². The molecular formula is C12H16O2. The summed E-state index contributed by atoms with van der Waals surface area (Å²) >= 11 is 0. The van der Waals surface area contributed by atoms with Crippen LogP contribution in [0.3, 0.4) is 0 Å². The molecule has 0 aliphatic heterocycles. The molecule has 0 bridgehead atoms. The lowest BCUT2D eigenvalue weighted by atomic mass is 10.0. The fourth-order valence-corrected chi connectivity index (χ4v) is 1.40. The van der Waals surface area contributed by atoms with E-state index in [1.807, 2.05) is 12.1 Å². The monoisotopic (exact) mass is 192 g/mol. The van der Waals surface area contributed by atoms with Crippen molar-refractivity contribution in [3.63, 3.8) is 0 Å². The van der Waals surface area contributed by atoms with Crippen LogP contribution in [-0.4, -0.2) is 13.4 Å². The first-order valence-electron chi connectivity index (χ1n) is 4.94. The Morgan fingerprint density at radius 1 is 1.43 bits per heavy atom. The number of methoxy groups -OCH3 is 1. The Hall–Kier alpha value is -1.31. The largest absolute Gasteiger partial charge is 0.497 e. The molecule has 0 atom stereocenters. The van der Waals surface area contributed by atoms with Gasteiger partial charge in [0.1, 0.15) is 12.0 Å². The lowest BCUT2D eigenvalue weighted by Crippen LogP contribution is -1.94. The van der Waals surface area contributed by atoms with Crippen molar-refractivity contribution in [2.24, 2.45) is 0 Å². The highest BCUT2D eigenvalue weighted by Gasteiger charge is 2.02. The lowest BCUT2D eigenvalue weighted by molar-refractivity contribution is 0.112. The van der Waals surface area contributed by atoms with Crippen molar-refractivity contribution in [2.45, 2.75) is 26.2 Å². The summed E-state index contributed by atoms with van der Waals surface area (Å²) in [5.41, 5.74) is 1.86. The van der Waals surface area contributed by atoms with Gasteiger partial charge in [-0.3, -0.25) is 4.79 Å². The summed E-state index contributed by atoms with van der Waals surface area (Å²) in [5, 5.41) is 0. The zero-order valence-corrected chi connectivity index (χ0v) is 8.75. The van der Waals surface area contributed by atoms with Gasteiger partial charge >= 0.3 is 0 Å². The third-order valence-corrected chi connectivity index (χ3v) is 2.28. The van der Waals surface area contributed by atoms with Gasteiger partial charge in [0.2, 0.25) is 0 Å². The Bertz CT molecular complexity index is 305. The summed E-state index contributed by atoms with van der Waals surface area (Å²) in [6.07, 6.45) is 4.12. The molecule has 76 valence electrons. The first kappa shape index (κ1) is 10.8. The molecule has 0 aliphatic carbocycles. The highest BCUT2D eigenvalue weighted by Crippen LogP contribution is 2.17. The summed E-state index contributed by atoms with van der Waals surface area (Å²) < 4.78 is 5.06. The van der Waals surface area contributed by atoms with Crippen LogP contribution in [0, 0.1) is 0 Å². The molecule has 0 aromatic heterocycles. The average molecular weight is 192 g/mol. The zero-order chi connectivity index (χ0) is 10.4. The summed E-state index contributed by atoms with van der Waals surface area (Å²) in [6, 6.07) is 5.66. The standard InChI is InChI=1S/C12H16O2/c1-3-4-5-10-6-7-12(14-2)8-11(10)9-13/h6-9H,3-5H2,1-2H3. The number of carbonyl (C=O) groups is 1. The molecule has 0 N–H and O–H groups in total. The molecular weight excluding hydrogens is 176 g/mol. The predicted octanol–water partition coefficient (Wildman–Crippen LogP) is 2.85. The maximum atomic E-state index is 10.8. The SMILES string of the molecule is CCCCc1ccc(OC)cc1C=O. The Labute approximate surface area is 84.9 Å². The van der Waals surface area contributed by atoms with Crippen LogP contribution in [0.25, 0.3) is 0 Å². The van der Waals surface area contributed by atoms with Crippen molar-refractivity contribution in [3.8, 4) is 5.75 Å². The minimum Gasteiger partial charge on any atom is -0.497 e. The molecule has 0 unspecified atom stereocenters. The third kappa shape index (κ3) is 2.59. The predicted molar refractivity (Wildman–Crippen MR) is 57.0 cm³/mol. The zero-order valence-electron chi connectivity index (χ0n) is 8.75. The van der Waals surface area contributed by atoms with E-state index >= 15 is 0 Å². The molecule has 0 fully saturated rings. The summed E-state index contributed by atoms with van der Waals surface area (Å²) in [4.78, 5) is 10.8. The van der Waals surface area contributed by atoms with E-state index in [4.69, 9.17) is 4.74 Å². The number of carbonyl (C=O) groups excluding carboxylic acids is 1. The van der Waals surface area contributed by atoms with Gasteiger partial charge < -0.3 is 4.74 Å². The first-order valence-corrected chi connectivity index (χ1v) is 4.94. The molecule has 1 aromatic rings. The number of hydrogen-bond donors (Lipinski definition) is 0. The number of aldehydes is 1. The first-order chi connectivity index (χ1) is 6.81. The molecule has 0 radical (unpaired) electrons. The van der Waals surface area contributed by atoms with Gasteiger partial charge in [-0.05, 0) is 30.5 Å². The number of aryl methyl sites for hydroxylation is 1. The number of rotatable bonds is 5. The maximum Gasteiger partial charge on any atom is 0.150 e. The number of benzene rings is 1. The molecule has 1 rings (SSSR count). The second kappa shape index (κ2) is 5.43. The minimum atomic E-state index is 0.743. The van der Waals surface area contributed by atoms with Gasteiger partial charge in [0.25, 0.3) is 0 Å². The van der Waals surface area contributed by atoms with E-state index in [-0.39, 0.29) is 0 Å². The minimum absolute atomic E-state index is 0.743. The van der Waals surface area contributed by atoms with Crippen LogP contribution in [0.15, 0.2) is 18.2 Å². The highest BCUT2D eigenvalue weighted by molar-refractivity contribution is 5.78. The normalized spacial score (nSPS) is 9.86. The van der Waals surface area contributed by atoms with E-state index in [2.05, 4.69) is 6.92 Å². The topological polar surface area (TPSA) is 26.3 Å². The van der Waals surface area contributed by atoms with Gasteiger partial charge in [0.05, 0.1) is 7.11 Å². The third-order valence-electron chi connectivity index (χ3n) is 2.28. The second-order valence-corrected chi connectivity index (χ2v) is 3.29. The van der Waals surface area contributed by atoms with E-state index in [1.165, 1.54) is 0 Å². The fraction of sp³-hybridized carbons (Fsp3) is 0.417. The van der Waals surface area contributed by atoms with Crippen LogP contribution in [-0.2, 0) is 6.42 Å². The van der Waals surface area contributed by atoms with Gasteiger partial charge in [0, 0.05) is 5.56 Å². The van der Waals surface area contributed by atoms with Gasteiger partial charge in [-0.1, -0.05) is 19.4 Å². The highest BCUT2D eigenvalue weighted by atomic mass is 16.5. The quantitative estimate of drug-likeness (QED) is 0.670. The van der Waals surface area contributed by atoms with E-state index in [1.54, 1.807) is 13.2 Å². The molecule has 0 amide bonds. The average Bonchev–Trinajstić information content (AvgIpc) is 2.26. The fourth-order valence-electron chi connectivity index (χ4n) is 1.40. The van der Waals surface area contributed by atoms with E-state index in [0.717, 1.165) is 42.4 Å². The summed E-state index contributed by atoms with van der Waals surface area (Å²) in [7, 11) is 1.61. The van der Waals surface area contributed by atoms with Crippen LogP contribution in [0.1, 0.15) is 35.7 Å². The van der Waals surface area contributed by atoms with Crippen LogP contribution < -0.4 is 4.74 Å². The van der Waals surface area contributed by atoms with Gasteiger partial charge in [-0.25, -0.2) is 0 Å². The molecule has 0 spiro atoms. The summed E-state index contributed by atoms with van der Waals surface area (Å²) in [6.45, 7) is 2.14.